The van der Waals surface area contributed by atoms with Gasteiger partial charge >= 0.3 is 0 Å². The monoisotopic (exact) mass is 299 g/mol. The SMILES string of the molecule is CCN(CCCBr)c1ncnc2sccc12. The minimum atomic E-state index is 0.981. The quantitative estimate of drug-likeness (QED) is 0.793. The average Bonchev–Trinajstić information content (AvgIpc) is 2.78. The van der Waals surface area contributed by atoms with Crippen molar-refractivity contribution in [3.63, 3.8) is 0 Å². The Labute approximate surface area is 108 Å². The Morgan fingerprint density at radius 2 is 2.31 bits per heavy atom. The van der Waals surface area contributed by atoms with Crippen molar-refractivity contribution >= 4 is 43.3 Å². The number of halogens is 1. The maximum Gasteiger partial charge on any atom is 0.140 e. The molecule has 2 rings (SSSR count). The highest BCUT2D eigenvalue weighted by atomic mass is 79.9. The summed E-state index contributed by atoms with van der Waals surface area (Å²) >= 11 is 5.13. The molecule has 2 heterocycles. The van der Waals surface area contributed by atoms with Gasteiger partial charge in [-0.15, -0.1) is 11.3 Å². The Hall–Kier alpha value is -0.680. The van der Waals surface area contributed by atoms with Gasteiger partial charge < -0.3 is 4.90 Å². The van der Waals surface area contributed by atoms with Crippen LogP contribution in [0.4, 0.5) is 5.82 Å². The Balaban J connectivity index is 2.32. The maximum atomic E-state index is 4.41. The van der Waals surface area contributed by atoms with Crippen LogP contribution in [-0.2, 0) is 0 Å². The van der Waals surface area contributed by atoms with Gasteiger partial charge in [0.25, 0.3) is 0 Å². The lowest BCUT2D eigenvalue weighted by atomic mass is 10.3. The summed E-state index contributed by atoms with van der Waals surface area (Å²) in [4.78, 5) is 12.1. The number of fused-ring (bicyclic) bond motifs is 1. The molecule has 0 saturated carbocycles. The molecule has 0 aromatic carbocycles. The van der Waals surface area contributed by atoms with E-state index in [0.717, 1.165) is 35.5 Å². The number of thiophene rings is 1. The van der Waals surface area contributed by atoms with Crippen LogP contribution < -0.4 is 4.90 Å². The fourth-order valence-corrected chi connectivity index (χ4v) is 2.67. The molecular formula is C11H14BrN3S. The first-order valence-electron chi connectivity index (χ1n) is 5.36. The summed E-state index contributed by atoms with van der Waals surface area (Å²) in [5.74, 6) is 1.06. The van der Waals surface area contributed by atoms with Crippen LogP contribution in [0.15, 0.2) is 17.8 Å². The smallest absolute Gasteiger partial charge is 0.140 e. The third kappa shape index (κ3) is 2.35. The molecule has 0 amide bonds. The second-order valence-electron chi connectivity index (χ2n) is 3.46. The summed E-state index contributed by atoms with van der Waals surface area (Å²) in [5, 5.41) is 4.27. The molecule has 0 fully saturated rings. The van der Waals surface area contributed by atoms with Crippen LogP contribution in [0, 0.1) is 0 Å². The molecule has 0 saturated heterocycles. The molecule has 0 aliphatic heterocycles. The van der Waals surface area contributed by atoms with E-state index < -0.39 is 0 Å². The van der Waals surface area contributed by atoms with Gasteiger partial charge in [0.2, 0.25) is 0 Å². The number of alkyl halides is 1. The highest BCUT2D eigenvalue weighted by molar-refractivity contribution is 9.09. The molecule has 0 atom stereocenters. The van der Waals surface area contributed by atoms with Crippen LogP contribution in [0.2, 0.25) is 0 Å². The molecule has 2 aromatic heterocycles. The van der Waals surface area contributed by atoms with Crippen molar-refractivity contribution < 1.29 is 0 Å². The van der Waals surface area contributed by atoms with E-state index in [1.165, 1.54) is 5.39 Å². The van der Waals surface area contributed by atoms with Crippen molar-refractivity contribution in [3.8, 4) is 0 Å². The van der Waals surface area contributed by atoms with E-state index in [9.17, 15) is 0 Å². The predicted octanol–water partition coefficient (Wildman–Crippen LogP) is 3.30. The van der Waals surface area contributed by atoms with Crippen LogP contribution in [-0.4, -0.2) is 28.4 Å². The summed E-state index contributed by atoms with van der Waals surface area (Å²) in [5.41, 5.74) is 0. The summed E-state index contributed by atoms with van der Waals surface area (Å²) in [6.45, 7) is 4.17. The third-order valence-corrected chi connectivity index (χ3v) is 3.87. The standard InChI is InChI=1S/C11H14BrN3S/c1-2-15(6-3-5-12)10-9-4-7-16-11(9)14-8-13-10/h4,7-8H,2-3,5-6H2,1H3. The second-order valence-corrected chi connectivity index (χ2v) is 5.15. The normalized spacial score (nSPS) is 10.9. The Morgan fingerprint density at radius 3 is 3.06 bits per heavy atom. The fraction of sp³-hybridized carbons (Fsp3) is 0.455. The van der Waals surface area contributed by atoms with Gasteiger partial charge in [0.15, 0.2) is 0 Å². The van der Waals surface area contributed by atoms with Crippen molar-refractivity contribution in [2.45, 2.75) is 13.3 Å². The van der Waals surface area contributed by atoms with Crippen LogP contribution in [0.1, 0.15) is 13.3 Å². The fourth-order valence-electron chi connectivity index (χ4n) is 1.69. The van der Waals surface area contributed by atoms with Crippen molar-refractivity contribution in [3.05, 3.63) is 17.8 Å². The van der Waals surface area contributed by atoms with Gasteiger partial charge in [-0.05, 0) is 24.8 Å². The van der Waals surface area contributed by atoms with E-state index >= 15 is 0 Å². The Kier molecular flexibility index (Phi) is 4.12. The minimum absolute atomic E-state index is 0.981. The molecule has 0 spiro atoms. The molecule has 0 radical (unpaired) electrons. The molecule has 2 aromatic rings. The average molecular weight is 300 g/mol. The predicted molar refractivity (Wildman–Crippen MR) is 73.7 cm³/mol. The molecule has 0 N–H and O–H groups in total. The Morgan fingerprint density at radius 1 is 1.44 bits per heavy atom. The molecule has 0 bridgehead atoms. The first-order chi connectivity index (χ1) is 7.86. The van der Waals surface area contributed by atoms with Gasteiger partial charge in [0, 0.05) is 18.4 Å². The number of hydrogen-bond acceptors (Lipinski definition) is 4. The van der Waals surface area contributed by atoms with E-state index in [0.29, 0.717) is 0 Å². The lowest BCUT2D eigenvalue weighted by Gasteiger charge is -2.21. The topological polar surface area (TPSA) is 29.0 Å². The lowest BCUT2D eigenvalue weighted by Crippen LogP contribution is -2.25. The van der Waals surface area contributed by atoms with Gasteiger partial charge in [-0.2, -0.15) is 0 Å². The van der Waals surface area contributed by atoms with E-state index in [4.69, 9.17) is 0 Å². The third-order valence-electron chi connectivity index (χ3n) is 2.48. The second kappa shape index (κ2) is 5.59. The highest BCUT2D eigenvalue weighted by Crippen LogP contribution is 2.26. The van der Waals surface area contributed by atoms with Crippen molar-refractivity contribution in [1.29, 1.82) is 0 Å². The van der Waals surface area contributed by atoms with Crippen LogP contribution in [0.25, 0.3) is 10.2 Å². The number of aromatic nitrogens is 2. The van der Waals surface area contributed by atoms with E-state index in [-0.39, 0.29) is 0 Å². The van der Waals surface area contributed by atoms with Gasteiger partial charge in [0.1, 0.15) is 17.0 Å². The Bertz CT molecular complexity index is 457. The van der Waals surface area contributed by atoms with E-state index in [1.54, 1.807) is 17.7 Å². The van der Waals surface area contributed by atoms with E-state index in [2.05, 4.69) is 49.2 Å². The number of nitrogens with zero attached hydrogens (tertiary/aromatic N) is 3. The van der Waals surface area contributed by atoms with E-state index in [1.807, 2.05) is 0 Å². The number of rotatable bonds is 5. The molecule has 16 heavy (non-hydrogen) atoms. The molecule has 0 aliphatic carbocycles. The molecule has 3 nitrogen and oxygen atoms in total. The summed E-state index contributed by atoms with van der Waals surface area (Å²) in [6.07, 6.45) is 2.79. The zero-order valence-corrected chi connectivity index (χ0v) is 11.6. The molecule has 5 heteroatoms. The number of anilines is 1. The summed E-state index contributed by atoms with van der Waals surface area (Å²) in [7, 11) is 0. The summed E-state index contributed by atoms with van der Waals surface area (Å²) in [6, 6.07) is 2.10. The number of hydrogen-bond donors (Lipinski definition) is 0. The molecule has 0 unspecified atom stereocenters. The van der Waals surface area contributed by atoms with Gasteiger partial charge in [-0.3, -0.25) is 0 Å². The van der Waals surface area contributed by atoms with Gasteiger partial charge in [-0.1, -0.05) is 15.9 Å². The molecule has 0 aliphatic rings. The van der Waals surface area contributed by atoms with Crippen LogP contribution in [0.3, 0.4) is 0 Å². The zero-order valence-electron chi connectivity index (χ0n) is 9.19. The minimum Gasteiger partial charge on any atom is -0.356 e. The van der Waals surface area contributed by atoms with Crippen LogP contribution >= 0.6 is 27.3 Å². The van der Waals surface area contributed by atoms with Crippen LogP contribution in [0.5, 0.6) is 0 Å². The van der Waals surface area contributed by atoms with Crippen molar-refractivity contribution in [1.82, 2.24) is 9.97 Å². The zero-order chi connectivity index (χ0) is 11.4. The maximum absolute atomic E-state index is 4.41. The highest BCUT2D eigenvalue weighted by Gasteiger charge is 2.10. The first kappa shape index (κ1) is 11.8. The summed E-state index contributed by atoms with van der Waals surface area (Å²) < 4.78 is 0. The van der Waals surface area contributed by atoms with Crippen molar-refractivity contribution in [2.24, 2.45) is 0 Å². The first-order valence-corrected chi connectivity index (χ1v) is 7.36. The van der Waals surface area contributed by atoms with Crippen molar-refractivity contribution in [2.75, 3.05) is 23.3 Å². The lowest BCUT2D eigenvalue weighted by molar-refractivity contribution is 0.788. The van der Waals surface area contributed by atoms with Gasteiger partial charge in [-0.25, -0.2) is 9.97 Å². The molecule has 86 valence electrons. The van der Waals surface area contributed by atoms with Gasteiger partial charge in [0.05, 0.1) is 5.39 Å². The molecular weight excluding hydrogens is 286 g/mol. The largest absolute Gasteiger partial charge is 0.356 e.